The van der Waals surface area contributed by atoms with Crippen LogP contribution in [0.15, 0.2) is 48.5 Å². The van der Waals surface area contributed by atoms with E-state index >= 15 is 0 Å². The number of para-hydroxylation sites is 1. The fraction of sp³-hybridized carbons (Fsp3) is 0.133. The summed E-state index contributed by atoms with van der Waals surface area (Å²) in [4.78, 5) is 0. The van der Waals surface area contributed by atoms with Crippen LogP contribution >= 0.6 is 35.6 Å². The van der Waals surface area contributed by atoms with Crippen LogP contribution in [0.1, 0.15) is 11.1 Å². The van der Waals surface area contributed by atoms with E-state index in [0.717, 1.165) is 11.6 Å². The number of thiocarbonyl (C=S) groups is 1. The van der Waals surface area contributed by atoms with Crippen LogP contribution in [0.2, 0.25) is 5.02 Å². The molecule has 2 rings (SSSR count). The second-order valence-corrected chi connectivity index (χ2v) is 6.46. The molecule has 1 N–H and O–H groups in total. The van der Waals surface area contributed by atoms with Crippen molar-refractivity contribution in [2.45, 2.75) is 11.9 Å². The van der Waals surface area contributed by atoms with Crippen LogP contribution in [-0.4, -0.2) is 4.32 Å². The van der Waals surface area contributed by atoms with Crippen LogP contribution in [0.5, 0.6) is 0 Å². The highest BCUT2D eigenvalue weighted by atomic mass is 35.5. The van der Waals surface area contributed by atoms with E-state index in [-0.39, 0.29) is 10.0 Å². The molecule has 0 saturated carbocycles. The summed E-state index contributed by atoms with van der Waals surface area (Å²) in [5, 5.41) is 3.28. The van der Waals surface area contributed by atoms with Gasteiger partial charge in [-0.15, -0.1) is 0 Å². The first-order chi connectivity index (χ1) is 10.4. The van der Waals surface area contributed by atoms with Gasteiger partial charge < -0.3 is 5.32 Å². The maximum atomic E-state index is 12.9. The summed E-state index contributed by atoms with van der Waals surface area (Å²) in [5.74, 6) is 0.553. The van der Waals surface area contributed by atoms with Crippen molar-refractivity contribution < 1.29 is 13.2 Å². The van der Waals surface area contributed by atoms with Gasteiger partial charge in [-0.2, -0.15) is 13.2 Å². The molecular weight excluding hydrogens is 351 g/mol. The molecule has 0 fully saturated rings. The number of hydrogen-bond acceptors (Lipinski definition) is 2. The van der Waals surface area contributed by atoms with E-state index in [4.69, 9.17) is 23.8 Å². The van der Waals surface area contributed by atoms with Gasteiger partial charge >= 0.3 is 6.18 Å². The van der Waals surface area contributed by atoms with Crippen molar-refractivity contribution in [3.63, 3.8) is 0 Å². The third-order valence-corrected chi connectivity index (χ3v) is 4.30. The number of anilines is 1. The minimum atomic E-state index is -4.42. The van der Waals surface area contributed by atoms with Gasteiger partial charge in [0.05, 0.1) is 11.3 Å². The van der Waals surface area contributed by atoms with Crippen LogP contribution < -0.4 is 5.32 Å². The molecule has 0 spiro atoms. The lowest BCUT2D eigenvalue weighted by molar-refractivity contribution is -0.136. The highest BCUT2D eigenvalue weighted by molar-refractivity contribution is 8.22. The molecule has 7 heteroatoms. The first-order valence-corrected chi connectivity index (χ1v) is 7.98. The summed E-state index contributed by atoms with van der Waals surface area (Å²) in [6.07, 6.45) is -4.42. The molecule has 0 unspecified atom stereocenters. The van der Waals surface area contributed by atoms with Crippen molar-refractivity contribution in [1.29, 1.82) is 0 Å². The topological polar surface area (TPSA) is 12.0 Å². The summed E-state index contributed by atoms with van der Waals surface area (Å²) in [6, 6.07) is 12.5. The maximum Gasteiger partial charge on any atom is 0.418 e. The van der Waals surface area contributed by atoms with Gasteiger partial charge in [-0.3, -0.25) is 0 Å². The van der Waals surface area contributed by atoms with Gasteiger partial charge in [0.25, 0.3) is 0 Å². The lowest BCUT2D eigenvalue weighted by atomic mass is 10.2. The molecule has 2 aromatic carbocycles. The predicted molar refractivity (Wildman–Crippen MR) is 90.4 cm³/mol. The van der Waals surface area contributed by atoms with E-state index in [2.05, 4.69) is 5.32 Å². The van der Waals surface area contributed by atoms with E-state index < -0.39 is 11.7 Å². The Bertz CT molecular complexity index is 657. The monoisotopic (exact) mass is 361 g/mol. The van der Waals surface area contributed by atoms with Gasteiger partial charge in [-0.05, 0) is 29.8 Å². The van der Waals surface area contributed by atoms with Crippen LogP contribution in [0.25, 0.3) is 0 Å². The third-order valence-electron chi connectivity index (χ3n) is 2.75. The molecule has 0 aliphatic heterocycles. The van der Waals surface area contributed by atoms with Gasteiger partial charge in [0.2, 0.25) is 0 Å². The van der Waals surface area contributed by atoms with Crippen molar-refractivity contribution in [3.8, 4) is 0 Å². The quantitative estimate of drug-likeness (QED) is 0.674. The second kappa shape index (κ2) is 7.35. The van der Waals surface area contributed by atoms with Crippen molar-refractivity contribution in [2.75, 3.05) is 5.32 Å². The van der Waals surface area contributed by atoms with Gasteiger partial charge in [0.1, 0.15) is 4.32 Å². The van der Waals surface area contributed by atoms with E-state index in [1.165, 1.54) is 30.0 Å². The van der Waals surface area contributed by atoms with Crippen LogP contribution in [0.4, 0.5) is 18.9 Å². The molecule has 2 aromatic rings. The molecule has 0 amide bonds. The summed E-state index contributed by atoms with van der Waals surface area (Å²) in [5.41, 5.74) is 0.218. The van der Waals surface area contributed by atoms with E-state index in [0.29, 0.717) is 10.8 Å². The molecule has 1 nitrogen and oxygen atoms in total. The Labute approximate surface area is 140 Å². The number of thioether (sulfide) groups is 1. The molecule has 0 heterocycles. The average Bonchev–Trinajstić information content (AvgIpc) is 2.46. The molecule has 0 aliphatic rings. The lowest BCUT2D eigenvalue weighted by Crippen LogP contribution is -2.13. The Morgan fingerprint density at radius 2 is 1.73 bits per heavy atom. The first-order valence-electron chi connectivity index (χ1n) is 6.21. The molecule has 0 radical (unpaired) electrons. The Morgan fingerprint density at radius 1 is 1.09 bits per heavy atom. The fourth-order valence-electron chi connectivity index (χ4n) is 1.71. The van der Waals surface area contributed by atoms with Gasteiger partial charge in [-0.25, -0.2) is 0 Å². The largest absolute Gasteiger partial charge is 0.418 e. The van der Waals surface area contributed by atoms with E-state index in [1.54, 1.807) is 12.1 Å². The third kappa shape index (κ3) is 4.90. The molecule has 0 aliphatic carbocycles. The molecule has 0 bridgehead atoms. The standard InChI is InChI=1S/C15H11ClF3NS2/c16-11-7-5-10(6-8-11)9-22-14(21)20-13-4-2-1-3-12(13)15(17,18)19/h1-8H,9H2,(H,20,21). The summed E-state index contributed by atoms with van der Waals surface area (Å²) >= 11 is 12.2. The van der Waals surface area contributed by atoms with Crippen LogP contribution in [0, 0.1) is 0 Å². The number of rotatable bonds is 3. The number of hydrogen-bond donors (Lipinski definition) is 1. The van der Waals surface area contributed by atoms with Gasteiger partial charge in [0.15, 0.2) is 0 Å². The zero-order chi connectivity index (χ0) is 16.2. The number of alkyl halides is 3. The lowest BCUT2D eigenvalue weighted by Gasteiger charge is -2.14. The SMILES string of the molecule is FC(F)(F)c1ccccc1NC(=S)SCc1ccc(Cl)cc1. The van der Waals surface area contributed by atoms with Crippen LogP contribution in [-0.2, 0) is 11.9 Å². The number of halogens is 4. The Kier molecular flexibility index (Phi) is 5.72. The number of nitrogens with one attached hydrogen (secondary N) is 1. The fourth-order valence-corrected chi connectivity index (χ4v) is 2.80. The van der Waals surface area contributed by atoms with Crippen molar-refractivity contribution in [1.82, 2.24) is 0 Å². The second-order valence-electron chi connectivity index (χ2n) is 4.37. The molecule has 0 aromatic heterocycles. The van der Waals surface area contributed by atoms with Gasteiger partial charge in [0, 0.05) is 10.8 Å². The first kappa shape index (κ1) is 17.1. The van der Waals surface area contributed by atoms with Crippen molar-refractivity contribution in [3.05, 3.63) is 64.7 Å². The normalized spacial score (nSPS) is 11.3. The number of benzene rings is 2. The molecular formula is C15H11ClF3NS2. The minimum absolute atomic E-state index is 0.0383. The van der Waals surface area contributed by atoms with E-state index in [9.17, 15) is 13.2 Å². The summed E-state index contributed by atoms with van der Waals surface area (Å²) in [6.45, 7) is 0. The zero-order valence-corrected chi connectivity index (χ0v) is 13.5. The average molecular weight is 362 g/mol. The predicted octanol–water partition coefficient (Wildman–Crippen LogP) is 5.99. The Morgan fingerprint density at radius 3 is 2.36 bits per heavy atom. The zero-order valence-electron chi connectivity index (χ0n) is 11.2. The molecule has 0 saturated heterocycles. The highest BCUT2D eigenvalue weighted by Gasteiger charge is 2.33. The van der Waals surface area contributed by atoms with Gasteiger partial charge in [-0.1, -0.05) is 59.8 Å². The van der Waals surface area contributed by atoms with Crippen molar-refractivity contribution in [2.24, 2.45) is 0 Å². The molecule has 22 heavy (non-hydrogen) atoms. The minimum Gasteiger partial charge on any atom is -0.341 e. The van der Waals surface area contributed by atoms with E-state index in [1.807, 2.05) is 12.1 Å². The highest BCUT2D eigenvalue weighted by Crippen LogP contribution is 2.35. The summed E-state index contributed by atoms with van der Waals surface area (Å²) < 4.78 is 38.9. The molecule has 0 atom stereocenters. The molecule has 116 valence electrons. The van der Waals surface area contributed by atoms with Crippen LogP contribution in [0.3, 0.4) is 0 Å². The Hall–Kier alpha value is -1.24. The smallest absolute Gasteiger partial charge is 0.341 e. The van der Waals surface area contributed by atoms with Crippen molar-refractivity contribution >= 4 is 45.6 Å². The maximum absolute atomic E-state index is 12.9. The summed E-state index contributed by atoms with van der Waals surface area (Å²) in [7, 11) is 0. The Balaban J connectivity index is 1.99.